The summed E-state index contributed by atoms with van der Waals surface area (Å²) in [7, 11) is 1.83. The number of aliphatic hydroxyl groups excluding tert-OH is 1. The zero-order valence-electron chi connectivity index (χ0n) is 10.7. The molecule has 2 aromatic rings. The number of carbonyl (C=O) groups excluding carboxylic acids is 1. The summed E-state index contributed by atoms with van der Waals surface area (Å²) in [6.07, 6.45) is 1.86. The summed E-state index contributed by atoms with van der Waals surface area (Å²) in [5.74, 6) is -0.159. The summed E-state index contributed by atoms with van der Waals surface area (Å²) < 4.78 is 1.77. The molecular weight excluding hydrogens is 240 g/mol. The molecule has 0 bridgehead atoms. The number of hydrogen-bond donors (Lipinski definition) is 2. The van der Waals surface area contributed by atoms with E-state index in [0.717, 1.165) is 11.1 Å². The number of benzene rings is 1. The Bertz CT molecular complexity index is 618. The maximum Gasteiger partial charge on any atom is 0.268 e. The lowest BCUT2D eigenvalue weighted by molar-refractivity contribution is 0.0850. The molecule has 0 spiro atoms. The van der Waals surface area contributed by atoms with E-state index in [1.807, 2.05) is 43.6 Å². The van der Waals surface area contributed by atoms with Crippen LogP contribution in [0.25, 0.3) is 0 Å². The van der Waals surface area contributed by atoms with Crippen molar-refractivity contribution < 1.29 is 9.90 Å². The predicted molar refractivity (Wildman–Crippen MR) is 71.8 cm³/mol. The number of aliphatic hydroxyl groups is 1. The number of amides is 1. The van der Waals surface area contributed by atoms with Crippen LogP contribution in [0.4, 0.5) is 0 Å². The van der Waals surface area contributed by atoms with Gasteiger partial charge in [-0.1, -0.05) is 24.3 Å². The number of aromatic nitrogens is 1. The van der Waals surface area contributed by atoms with Gasteiger partial charge in [-0.25, -0.2) is 0 Å². The zero-order valence-corrected chi connectivity index (χ0v) is 10.7. The lowest BCUT2D eigenvalue weighted by Crippen LogP contribution is -2.34. The van der Waals surface area contributed by atoms with Gasteiger partial charge in [0, 0.05) is 19.7 Å². The zero-order chi connectivity index (χ0) is 13.4. The second-order valence-electron chi connectivity index (χ2n) is 4.93. The second-order valence-corrected chi connectivity index (χ2v) is 4.93. The molecule has 3 rings (SSSR count). The van der Waals surface area contributed by atoms with E-state index in [-0.39, 0.29) is 11.9 Å². The van der Waals surface area contributed by atoms with Gasteiger partial charge in [-0.05, 0) is 23.3 Å². The van der Waals surface area contributed by atoms with Gasteiger partial charge < -0.3 is 15.0 Å². The fourth-order valence-electron chi connectivity index (χ4n) is 2.66. The van der Waals surface area contributed by atoms with Crippen LogP contribution in [0.5, 0.6) is 0 Å². The fourth-order valence-corrected chi connectivity index (χ4v) is 2.66. The van der Waals surface area contributed by atoms with E-state index in [4.69, 9.17) is 0 Å². The van der Waals surface area contributed by atoms with Crippen LogP contribution in [0, 0.1) is 0 Å². The first kappa shape index (κ1) is 12.0. The molecule has 0 aliphatic heterocycles. The highest BCUT2D eigenvalue weighted by Gasteiger charge is 2.32. The number of nitrogens with zero attached hydrogens (tertiary/aromatic N) is 1. The largest absolute Gasteiger partial charge is 0.390 e. The molecule has 1 heterocycles. The van der Waals surface area contributed by atoms with Gasteiger partial charge in [0.15, 0.2) is 0 Å². The minimum Gasteiger partial charge on any atom is -0.390 e. The summed E-state index contributed by atoms with van der Waals surface area (Å²) in [5.41, 5.74) is 2.71. The van der Waals surface area contributed by atoms with Crippen molar-refractivity contribution in [3.8, 4) is 0 Å². The van der Waals surface area contributed by atoms with E-state index >= 15 is 0 Å². The predicted octanol–water partition coefficient (Wildman–Crippen LogP) is 1.41. The third-order valence-corrected chi connectivity index (χ3v) is 3.67. The highest BCUT2D eigenvalue weighted by atomic mass is 16.3. The van der Waals surface area contributed by atoms with Crippen molar-refractivity contribution in [3.05, 3.63) is 59.4 Å². The molecule has 2 N–H and O–H groups in total. The number of aryl methyl sites for hydroxylation is 1. The van der Waals surface area contributed by atoms with Gasteiger partial charge in [0.05, 0.1) is 12.1 Å². The molecule has 2 atom stereocenters. The van der Waals surface area contributed by atoms with Crippen molar-refractivity contribution >= 4 is 5.91 Å². The Hall–Kier alpha value is -2.07. The second kappa shape index (κ2) is 4.55. The highest BCUT2D eigenvalue weighted by molar-refractivity contribution is 5.93. The molecule has 1 aromatic carbocycles. The SMILES string of the molecule is Cn1cccc1C(=O)NC1c2ccccc2CC1O. The van der Waals surface area contributed by atoms with E-state index in [9.17, 15) is 9.90 Å². The number of hydrogen-bond acceptors (Lipinski definition) is 2. The van der Waals surface area contributed by atoms with Crippen LogP contribution in [-0.4, -0.2) is 21.7 Å². The third kappa shape index (κ3) is 2.04. The molecule has 1 aliphatic rings. The molecule has 0 fully saturated rings. The quantitative estimate of drug-likeness (QED) is 0.853. The van der Waals surface area contributed by atoms with E-state index in [1.165, 1.54) is 0 Å². The Morgan fingerprint density at radius 1 is 1.32 bits per heavy atom. The Balaban J connectivity index is 1.84. The molecular formula is C15H16N2O2. The summed E-state index contributed by atoms with van der Waals surface area (Å²) >= 11 is 0. The summed E-state index contributed by atoms with van der Waals surface area (Å²) in [4.78, 5) is 12.2. The average Bonchev–Trinajstić information content (AvgIpc) is 2.94. The first-order chi connectivity index (χ1) is 9.16. The van der Waals surface area contributed by atoms with Gasteiger partial charge in [0.2, 0.25) is 0 Å². The Morgan fingerprint density at radius 3 is 2.84 bits per heavy atom. The highest BCUT2D eigenvalue weighted by Crippen LogP contribution is 2.31. The van der Waals surface area contributed by atoms with Crippen LogP contribution in [0.1, 0.15) is 27.7 Å². The molecule has 98 valence electrons. The van der Waals surface area contributed by atoms with Crippen molar-refractivity contribution in [1.82, 2.24) is 9.88 Å². The van der Waals surface area contributed by atoms with Gasteiger partial charge in [-0.2, -0.15) is 0 Å². The van der Waals surface area contributed by atoms with Crippen LogP contribution in [0.3, 0.4) is 0 Å². The lowest BCUT2D eigenvalue weighted by Gasteiger charge is -2.18. The molecule has 4 heteroatoms. The van der Waals surface area contributed by atoms with Gasteiger partial charge in [-0.3, -0.25) is 4.79 Å². The topological polar surface area (TPSA) is 54.3 Å². The molecule has 4 nitrogen and oxygen atoms in total. The third-order valence-electron chi connectivity index (χ3n) is 3.67. The minimum absolute atomic E-state index is 0.159. The minimum atomic E-state index is -0.554. The van der Waals surface area contributed by atoms with E-state index < -0.39 is 6.10 Å². The molecule has 0 saturated carbocycles. The first-order valence-electron chi connectivity index (χ1n) is 6.35. The van der Waals surface area contributed by atoms with Gasteiger partial charge in [0.25, 0.3) is 5.91 Å². The average molecular weight is 256 g/mol. The summed E-state index contributed by atoms with van der Waals surface area (Å²) in [6, 6.07) is 11.1. The van der Waals surface area contributed by atoms with Crippen LogP contribution >= 0.6 is 0 Å². The number of nitrogens with one attached hydrogen (secondary N) is 1. The van der Waals surface area contributed by atoms with Crippen LogP contribution in [0.2, 0.25) is 0 Å². The monoisotopic (exact) mass is 256 g/mol. The number of rotatable bonds is 2. The molecule has 0 radical (unpaired) electrons. The number of fused-ring (bicyclic) bond motifs is 1. The fraction of sp³-hybridized carbons (Fsp3) is 0.267. The van der Waals surface area contributed by atoms with Crippen LogP contribution < -0.4 is 5.32 Å². The van der Waals surface area contributed by atoms with Crippen LogP contribution in [-0.2, 0) is 13.5 Å². The van der Waals surface area contributed by atoms with Crippen molar-refractivity contribution in [1.29, 1.82) is 0 Å². The first-order valence-corrected chi connectivity index (χ1v) is 6.35. The van der Waals surface area contributed by atoms with Gasteiger partial charge in [-0.15, -0.1) is 0 Å². The Kier molecular flexibility index (Phi) is 2.87. The molecule has 19 heavy (non-hydrogen) atoms. The van der Waals surface area contributed by atoms with Crippen molar-refractivity contribution in [2.75, 3.05) is 0 Å². The van der Waals surface area contributed by atoms with E-state index in [2.05, 4.69) is 5.32 Å². The maximum atomic E-state index is 12.2. The van der Waals surface area contributed by atoms with E-state index in [0.29, 0.717) is 12.1 Å². The number of carbonyl (C=O) groups is 1. The summed E-state index contributed by atoms with van der Waals surface area (Å²) in [5, 5.41) is 13.0. The standard InChI is InChI=1S/C15H16N2O2/c1-17-8-4-7-12(17)15(19)16-14-11-6-3-2-5-10(11)9-13(14)18/h2-8,13-14,18H,9H2,1H3,(H,16,19). The van der Waals surface area contributed by atoms with Crippen molar-refractivity contribution in [2.24, 2.45) is 7.05 Å². The Morgan fingerprint density at radius 2 is 2.11 bits per heavy atom. The molecule has 1 aromatic heterocycles. The normalized spacial score (nSPS) is 21.2. The van der Waals surface area contributed by atoms with E-state index in [1.54, 1.807) is 10.6 Å². The maximum absolute atomic E-state index is 12.2. The van der Waals surface area contributed by atoms with Crippen molar-refractivity contribution in [2.45, 2.75) is 18.6 Å². The smallest absolute Gasteiger partial charge is 0.268 e. The molecule has 2 unspecified atom stereocenters. The van der Waals surface area contributed by atoms with Crippen molar-refractivity contribution in [3.63, 3.8) is 0 Å². The Labute approximate surface area is 111 Å². The summed E-state index contributed by atoms with van der Waals surface area (Å²) in [6.45, 7) is 0. The molecule has 1 aliphatic carbocycles. The molecule has 0 saturated heterocycles. The van der Waals surface area contributed by atoms with Gasteiger partial charge in [0.1, 0.15) is 5.69 Å². The van der Waals surface area contributed by atoms with Crippen LogP contribution in [0.15, 0.2) is 42.6 Å². The molecule has 1 amide bonds. The lowest BCUT2D eigenvalue weighted by atomic mass is 10.1. The van der Waals surface area contributed by atoms with Gasteiger partial charge >= 0.3 is 0 Å².